The highest BCUT2D eigenvalue weighted by atomic mass is 79.9. The van der Waals surface area contributed by atoms with E-state index in [1.165, 1.54) is 0 Å². The van der Waals surface area contributed by atoms with E-state index in [2.05, 4.69) is 38.1 Å². The standard InChI is InChI=1S/C14H17BrN2O2/c1-12-6-7-13(11-17-12)19-10-3-2-9-16-14(18)5-4-8-15/h6-7,11H,4-5,8-10H2,1H3,(H,16,18). The number of aryl methyl sites for hydroxylation is 1. The van der Waals surface area contributed by atoms with Crippen LogP contribution in [-0.2, 0) is 4.79 Å². The van der Waals surface area contributed by atoms with E-state index in [4.69, 9.17) is 4.74 Å². The molecule has 0 unspecified atom stereocenters. The number of rotatable bonds is 6. The van der Waals surface area contributed by atoms with Gasteiger partial charge >= 0.3 is 0 Å². The minimum Gasteiger partial charge on any atom is -0.479 e. The molecule has 1 rings (SSSR count). The van der Waals surface area contributed by atoms with Gasteiger partial charge in [-0.2, -0.15) is 0 Å². The van der Waals surface area contributed by atoms with E-state index >= 15 is 0 Å². The molecule has 102 valence electrons. The third-order valence-corrected chi connectivity index (χ3v) is 2.79. The topological polar surface area (TPSA) is 51.2 Å². The highest BCUT2D eigenvalue weighted by Crippen LogP contribution is 2.07. The van der Waals surface area contributed by atoms with Crippen molar-refractivity contribution in [2.24, 2.45) is 0 Å². The molecule has 5 heteroatoms. The Labute approximate surface area is 122 Å². The summed E-state index contributed by atoms with van der Waals surface area (Å²) in [5, 5.41) is 3.56. The number of hydrogen-bond acceptors (Lipinski definition) is 3. The van der Waals surface area contributed by atoms with Crippen molar-refractivity contribution in [1.29, 1.82) is 0 Å². The molecule has 0 aromatic carbocycles. The molecule has 1 N–H and O–H groups in total. The largest absolute Gasteiger partial charge is 0.479 e. The molecule has 4 nitrogen and oxygen atoms in total. The van der Waals surface area contributed by atoms with Crippen molar-refractivity contribution in [3.05, 3.63) is 24.0 Å². The molecule has 0 saturated heterocycles. The summed E-state index contributed by atoms with van der Waals surface area (Å²) in [6.45, 7) is 2.57. The lowest BCUT2D eigenvalue weighted by atomic mass is 10.3. The average molecular weight is 325 g/mol. The average Bonchev–Trinajstić information content (AvgIpc) is 2.42. The van der Waals surface area contributed by atoms with Crippen LogP contribution in [0.5, 0.6) is 5.75 Å². The Morgan fingerprint density at radius 1 is 1.47 bits per heavy atom. The van der Waals surface area contributed by atoms with Crippen LogP contribution < -0.4 is 10.1 Å². The number of amides is 1. The Hall–Kier alpha value is -1.54. The van der Waals surface area contributed by atoms with Crippen LogP contribution >= 0.6 is 15.9 Å². The summed E-state index contributed by atoms with van der Waals surface area (Å²) in [5.74, 6) is 6.39. The van der Waals surface area contributed by atoms with Crippen LogP contribution in [-0.4, -0.2) is 29.4 Å². The molecule has 0 aliphatic carbocycles. The first kappa shape index (κ1) is 15.5. The van der Waals surface area contributed by atoms with Gasteiger partial charge in [0.25, 0.3) is 0 Å². The van der Waals surface area contributed by atoms with Crippen molar-refractivity contribution in [1.82, 2.24) is 10.3 Å². The summed E-state index contributed by atoms with van der Waals surface area (Å²) in [5.41, 5.74) is 0.949. The van der Waals surface area contributed by atoms with Crippen LogP contribution in [0, 0.1) is 18.8 Å². The molecular weight excluding hydrogens is 308 g/mol. The van der Waals surface area contributed by atoms with Crippen molar-refractivity contribution in [3.8, 4) is 17.6 Å². The maximum atomic E-state index is 11.2. The van der Waals surface area contributed by atoms with Gasteiger partial charge in [0, 0.05) is 17.4 Å². The van der Waals surface area contributed by atoms with Gasteiger partial charge in [-0.1, -0.05) is 27.8 Å². The van der Waals surface area contributed by atoms with Gasteiger partial charge in [0.1, 0.15) is 12.4 Å². The van der Waals surface area contributed by atoms with Gasteiger partial charge in [-0.25, -0.2) is 0 Å². The zero-order valence-electron chi connectivity index (χ0n) is 10.9. The lowest BCUT2D eigenvalue weighted by Crippen LogP contribution is -2.23. The fourth-order valence-corrected chi connectivity index (χ4v) is 1.51. The smallest absolute Gasteiger partial charge is 0.220 e. The first-order valence-electron chi connectivity index (χ1n) is 6.06. The van der Waals surface area contributed by atoms with Gasteiger partial charge in [-0.3, -0.25) is 9.78 Å². The van der Waals surface area contributed by atoms with E-state index in [9.17, 15) is 4.79 Å². The van der Waals surface area contributed by atoms with E-state index in [0.29, 0.717) is 25.3 Å². The Morgan fingerprint density at radius 2 is 2.32 bits per heavy atom. The molecule has 0 bridgehead atoms. The highest BCUT2D eigenvalue weighted by Gasteiger charge is 1.97. The second-order valence-corrected chi connectivity index (χ2v) is 4.64. The van der Waals surface area contributed by atoms with Crippen molar-refractivity contribution in [3.63, 3.8) is 0 Å². The maximum absolute atomic E-state index is 11.2. The molecule has 1 amide bonds. The van der Waals surface area contributed by atoms with E-state index in [-0.39, 0.29) is 5.91 Å². The molecule has 19 heavy (non-hydrogen) atoms. The minimum atomic E-state index is 0.0254. The Morgan fingerprint density at radius 3 is 3.00 bits per heavy atom. The van der Waals surface area contributed by atoms with Gasteiger partial charge < -0.3 is 10.1 Å². The van der Waals surface area contributed by atoms with Gasteiger partial charge in [-0.05, 0) is 25.5 Å². The maximum Gasteiger partial charge on any atom is 0.220 e. The number of aromatic nitrogens is 1. The second-order valence-electron chi connectivity index (χ2n) is 3.85. The molecule has 0 atom stereocenters. The molecule has 0 radical (unpaired) electrons. The number of nitrogens with zero attached hydrogens (tertiary/aromatic N) is 1. The van der Waals surface area contributed by atoms with Crippen LogP contribution in [0.25, 0.3) is 0 Å². The zero-order valence-corrected chi connectivity index (χ0v) is 12.5. The Kier molecular flexibility index (Phi) is 7.68. The third-order valence-electron chi connectivity index (χ3n) is 2.23. The van der Waals surface area contributed by atoms with E-state index < -0.39 is 0 Å². The lowest BCUT2D eigenvalue weighted by molar-refractivity contribution is -0.120. The summed E-state index contributed by atoms with van der Waals surface area (Å²) >= 11 is 3.28. The number of halogens is 1. The van der Waals surface area contributed by atoms with E-state index in [1.54, 1.807) is 6.20 Å². The van der Waals surface area contributed by atoms with Gasteiger partial charge in [0.05, 0.1) is 12.7 Å². The van der Waals surface area contributed by atoms with Crippen LogP contribution in [0.4, 0.5) is 0 Å². The minimum absolute atomic E-state index is 0.0254. The molecule has 0 aliphatic rings. The quantitative estimate of drug-likeness (QED) is 0.643. The van der Waals surface area contributed by atoms with Crippen molar-refractivity contribution in [2.75, 3.05) is 18.5 Å². The van der Waals surface area contributed by atoms with Gasteiger partial charge in [0.2, 0.25) is 5.91 Å². The summed E-state index contributed by atoms with van der Waals surface area (Å²) < 4.78 is 5.38. The fourth-order valence-electron chi connectivity index (χ4n) is 1.23. The second kappa shape index (κ2) is 9.40. The predicted octanol–water partition coefficient (Wildman–Crippen LogP) is 2.06. The number of hydrogen-bond donors (Lipinski definition) is 1. The molecule has 0 spiro atoms. The number of carbonyl (C=O) groups is 1. The molecule has 1 heterocycles. The fraction of sp³-hybridized carbons (Fsp3) is 0.429. The first-order valence-corrected chi connectivity index (χ1v) is 7.18. The molecule has 0 aliphatic heterocycles. The first-order chi connectivity index (χ1) is 9.22. The zero-order chi connectivity index (χ0) is 13.9. The van der Waals surface area contributed by atoms with E-state index in [0.717, 1.165) is 17.4 Å². The molecule has 0 saturated carbocycles. The van der Waals surface area contributed by atoms with Gasteiger partial charge in [0.15, 0.2) is 0 Å². The summed E-state index contributed by atoms with van der Waals surface area (Å²) in [4.78, 5) is 15.4. The SMILES string of the molecule is Cc1ccc(OCC#CCNC(=O)CCCBr)cn1. The highest BCUT2D eigenvalue weighted by molar-refractivity contribution is 9.09. The van der Waals surface area contributed by atoms with Crippen LogP contribution in [0.1, 0.15) is 18.5 Å². The van der Waals surface area contributed by atoms with Crippen molar-refractivity contribution < 1.29 is 9.53 Å². The molecule has 1 aromatic heterocycles. The summed E-state index contributed by atoms with van der Waals surface area (Å²) in [7, 11) is 0. The predicted molar refractivity (Wildman–Crippen MR) is 78.3 cm³/mol. The third kappa shape index (κ3) is 7.47. The normalized spacial score (nSPS) is 9.37. The molecule has 0 fully saturated rings. The Bertz CT molecular complexity index is 449. The van der Waals surface area contributed by atoms with Crippen LogP contribution in [0.2, 0.25) is 0 Å². The van der Waals surface area contributed by atoms with Crippen molar-refractivity contribution in [2.45, 2.75) is 19.8 Å². The van der Waals surface area contributed by atoms with Gasteiger partial charge in [-0.15, -0.1) is 0 Å². The number of ether oxygens (including phenoxy) is 1. The summed E-state index contributed by atoms with van der Waals surface area (Å²) in [6.07, 6.45) is 3.03. The van der Waals surface area contributed by atoms with Crippen molar-refractivity contribution >= 4 is 21.8 Å². The molecular formula is C14H17BrN2O2. The molecule has 1 aromatic rings. The monoisotopic (exact) mass is 324 g/mol. The number of pyridine rings is 1. The van der Waals surface area contributed by atoms with E-state index in [1.807, 2.05) is 19.1 Å². The number of nitrogens with one attached hydrogen (secondary N) is 1. The van der Waals surface area contributed by atoms with Crippen LogP contribution in [0.3, 0.4) is 0 Å². The number of alkyl halides is 1. The Balaban J connectivity index is 2.14. The lowest BCUT2D eigenvalue weighted by Gasteiger charge is -2.01. The number of carbonyl (C=O) groups excluding carboxylic acids is 1. The summed E-state index contributed by atoms with van der Waals surface area (Å²) in [6, 6.07) is 3.74. The van der Waals surface area contributed by atoms with Crippen LogP contribution in [0.15, 0.2) is 18.3 Å².